The van der Waals surface area contributed by atoms with Gasteiger partial charge >= 0.3 is 5.97 Å². The van der Waals surface area contributed by atoms with E-state index in [0.29, 0.717) is 17.7 Å². The van der Waals surface area contributed by atoms with Crippen LogP contribution in [0.3, 0.4) is 0 Å². The van der Waals surface area contributed by atoms with Crippen LogP contribution >= 0.6 is 0 Å². The Hall–Kier alpha value is -2.30. The van der Waals surface area contributed by atoms with Crippen LogP contribution in [0.15, 0.2) is 30.5 Å². The summed E-state index contributed by atoms with van der Waals surface area (Å²) in [7, 11) is 1.33. The Morgan fingerprint density at radius 3 is 2.60 bits per heavy atom. The van der Waals surface area contributed by atoms with Crippen LogP contribution in [-0.2, 0) is 16.0 Å². The minimum absolute atomic E-state index is 0.0181. The number of carbonyl (C=O) groups excluding carboxylic acids is 2. The van der Waals surface area contributed by atoms with Crippen molar-refractivity contribution in [3.63, 3.8) is 0 Å². The second-order valence-corrected chi connectivity index (χ2v) is 4.33. The molecular formula is C15H19NO4. The number of amides is 1. The van der Waals surface area contributed by atoms with Crippen LogP contribution < -0.4 is 5.32 Å². The van der Waals surface area contributed by atoms with Gasteiger partial charge in [0.15, 0.2) is 0 Å². The summed E-state index contributed by atoms with van der Waals surface area (Å²) < 4.78 is 4.70. The number of hydrogen-bond acceptors (Lipinski definition) is 4. The quantitative estimate of drug-likeness (QED) is 0.619. The molecular weight excluding hydrogens is 258 g/mol. The van der Waals surface area contributed by atoms with Crippen LogP contribution in [0.1, 0.15) is 35.7 Å². The highest BCUT2D eigenvalue weighted by molar-refractivity contribution is 5.94. The summed E-state index contributed by atoms with van der Waals surface area (Å²) in [6.45, 7) is 5.25. The SMILES string of the molecule is C=C(O)CCC(=O)Nc1ccc(C(=O)OC)c(CC)c1. The number of benzene rings is 1. The molecule has 1 aromatic carbocycles. The van der Waals surface area contributed by atoms with Gasteiger partial charge in [-0.05, 0) is 30.2 Å². The number of anilines is 1. The topological polar surface area (TPSA) is 75.6 Å². The van der Waals surface area contributed by atoms with E-state index >= 15 is 0 Å². The number of aryl methyl sites for hydroxylation is 1. The molecule has 0 aliphatic heterocycles. The lowest BCUT2D eigenvalue weighted by Gasteiger charge is -2.10. The van der Waals surface area contributed by atoms with Gasteiger partial charge in [0.05, 0.1) is 18.4 Å². The standard InChI is InChI=1S/C15H19NO4/c1-4-11-9-12(6-7-13(11)15(19)20-3)16-14(18)8-5-10(2)17/h6-7,9,17H,2,4-5,8H2,1,3H3,(H,16,18). The molecule has 1 amide bonds. The first kappa shape index (κ1) is 15.8. The highest BCUT2D eigenvalue weighted by Gasteiger charge is 2.12. The first-order valence-electron chi connectivity index (χ1n) is 6.35. The molecule has 5 heteroatoms. The van der Waals surface area contributed by atoms with Crippen molar-refractivity contribution in [1.29, 1.82) is 0 Å². The Morgan fingerprint density at radius 2 is 2.05 bits per heavy atom. The van der Waals surface area contributed by atoms with E-state index in [1.165, 1.54) is 7.11 Å². The van der Waals surface area contributed by atoms with Crippen molar-refractivity contribution in [2.24, 2.45) is 0 Å². The Balaban J connectivity index is 2.80. The summed E-state index contributed by atoms with van der Waals surface area (Å²) >= 11 is 0. The van der Waals surface area contributed by atoms with Crippen molar-refractivity contribution in [1.82, 2.24) is 0 Å². The monoisotopic (exact) mass is 277 g/mol. The molecule has 1 aromatic rings. The molecule has 0 saturated carbocycles. The van der Waals surface area contributed by atoms with Gasteiger partial charge in [-0.2, -0.15) is 0 Å². The summed E-state index contributed by atoms with van der Waals surface area (Å²) in [5, 5.41) is 11.7. The molecule has 5 nitrogen and oxygen atoms in total. The van der Waals surface area contributed by atoms with Gasteiger partial charge in [0.1, 0.15) is 0 Å². The predicted molar refractivity (Wildman–Crippen MR) is 76.8 cm³/mol. The number of allylic oxidation sites excluding steroid dienone is 1. The second-order valence-electron chi connectivity index (χ2n) is 4.33. The number of ether oxygens (including phenoxy) is 1. The molecule has 0 fully saturated rings. The number of esters is 1. The van der Waals surface area contributed by atoms with Crippen LogP contribution in [-0.4, -0.2) is 24.1 Å². The zero-order chi connectivity index (χ0) is 15.1. The van der Waals surface area contributed by atoms with Crippen LogP contribution in [0.4, 0.5) is 5.69 Å². The summed E-state index contributed by atoms with van der Waals surface area (Å²) in [6.07, 6.45) is 1.05. The molecule has 108 valence electrons. The smallest absolute Gasteiger partial charge is 0.338 e. The average molecular weight is 277 g/mol. The van der Waals surface area contributed by atoms with Gasteiger partial charge in [0.2, 0.25) is 5.91 Å². The van der Waals surface area contributed by atoms with Crippen molar-refractivity contribution < 1.29 is 19.4 Å². The Labute approximate surface area is 118 Å². The molecule has 1 rings (SSSR count). The second kappa shape index (κ2) is 7.33. The average Bonchev–Trinajstić information content (AvgIpc) is 2.44. The maximum absolute atomic E-state index is 11.6. The molecule has 20 heavy (non-hydrogen) atoms. The highest BCUT2D eigenvalue weighted by Crippen LogP contribution is 2.18. The number of carbonyl (C=O) groups is 2. The van der Waals surface area contributed by atoms with Gasteiger partial charge in [-0.1, -0.05) is 13.5 Å². The Kier molecular flexibility index (Phi) is 5.77. The van der Waals surface area contributed by atoms with Gasteiger partial charge in [-0.25, -0.2) is 4.79 Å². The number of rotatable bonds is 6. The number of aliphatic hydroxyl groups is 1. The Bertz CT molecular complexity index is 523. The van der Waals surface area contributed by atoms with Crippen molar-refractivity contribution in [2.75, 3.05) is 12.4 Å². The third-order valence-corrected chi connectivity index (χ3v) is 2.82. The first-order chi connectivity index (χ1) is 9.47. The van der Waals surface area contributed by atoms with E-state index in [1.54, 1.807) is 18.2 Å². The van der Waals surface area contributed by atoms with Crippen molar-refractivity contribution in [3.05, 3.63) is 41.7 Å². The van der Waals surface area contributed by atoms with Gasteiger partial charge < -0.3 is 15.2 Å². The van der Waals surface area contributed by atoms with Crippen LogP contribution in [0.5, 0.6) is 0 Å². The third kappa shape index (κ3) is 4.42. The molecule has 0 bridgehead atoms. The number of methoxy groups -OCH3 is 1. The fraction of sp³-hybridized carbons (Fsp3) is 0.333. The van der Waals surface area contributed by atoms with Crippen molar-refractivity contribution in [3.8, 4) is 0 Å². The molecule has 0 spiro atoms. The molecule has 0 aliphatic rings. The zero-order valence-corrected chi connectivity index (χ0v) is 11.7. The summed E-state index contributed by atoms with van der Waals surface area (Å²) in [4.78, 5) is 23.2. The van der Waals surface area contributed by atoms with E-state index in [1.807, 2.05) is 6.92 Å². The molecule has 0 radical (unpaired) electrons. The maximum Gasteiger partial charge on any atom is 0.338 e. The summed E-state index contributed by atoms with van der Waals surface area (Å²) in [5.74, 6) is -0.625. The van der Waals surface area contributed by atoms with Crippen LogP contribution in [0.2, 0.25) is 0 Å². The van der Waals surface area contributed by atoms with E-state index in [0.717, 1.165) is 5.56 Å². The molecule has 0 heterocycles. The fourth-order valence-electron chi connectivity index (χ4n) is 1.75. The minimum atomic E-state index is -0.392. The molecule has 0 saturated heterocycles. The van der Waals surface area contributed by atoms with Gasteiger partial charge in [-0.15, -0.1) is 0 Å². The lowest BCUT2D eigenvalue weighted by molar-refractivity contribution is -0.116. The normalized spacial score (nSPS) is 9.90. The van der Waals surface area contributed by atoms with Crippen LogP contribution in [0.25, 0.3) is 0 Å². The third-order valence-electron chi connectivity index (χ3n) is 2.82. The molecule has 0 atom stereocenters. The van der Waals surface area contributed by atoms with E-state index < -0.39 is 5.97 Å². The number of nitrogens with one attached hydrogen (secondary N) is 1. The predicted octanol–water partition coefficient (Wildman–Crippen LogP) is 2.83. The van der Waals surface area contributed by atoms with Gasteiger partial charge in [0, 0.05) is 18.5 Å². The molecule has 2 N–H and O–H groups in total. The lowest BCUT2D eigenvalue weighted by Crippen LogP contribution is -2.12. The first-order valence-corrected chi connectivity index (χ1v) is 6.35. The molecule has 0 aromatic heterocycles. The summed E-state index contributed by atoms with van der Waals surface area (Å²) in [5.41, 5.74) is 1.92. The number of aliphatic hydroxyl groups excluding tert-OH is 1. The van der Waals surface area contributed by atoms with Crippen LogP contribution in [0, 0.1) is 0 Å². The van der Waals surface area contributed by atoms with Crippen molar-refractivity contribution >= 4 is 17.6 Å². The molecule has 0 aliphatic carbocycles. The lowest BCUT2D eigenvalue weighted by atomic mass is 10.0. The van der Waals surface area contributed by atoms with E-state index in [4.69, 9.17) is 9.84 Å². The van der Waals surface area contributed by atoms with E-state index in [9.17, 15) is 9.59 Å². The Morgan fingerprint density at radius 1 is 1.35 bits per heavy atom. The van der Waals surface area contributed by atoms with E-state index in [-0.39, 0.29) is 24.5 Å². The van der Waals surface area contributed by atoms with Crippen molar-refractivity contribution in [2.45, 2.75) is 26.2 Å². The maximum atomic E-state index is 11.6. The fourth-order valence-corrected chi connectivity index (χ4v) is 1.75. The van der Waals surface area contributed by atoms with Gasteiger partial charge in [-0.3, -0.25) is 4.79 Å². The molecule has 0 unspecified atom stereocenters. The largest absolute Gasteiger partial charge is 0.513 e. The number of hydrogen-bond donors (Lipinski definition) is 2. The minimum Gasteiger partial charge on any atom is -0.513 e. The highest BCUT2D eigenvalue weighted by atomic mass is 16.5. The zero-order valence-electron chi connectivity index (χ0n) is 11.7. The summed E-state index contributed by atoms with van der Waals surface area (Å²) in [6, 6.07) is 5.03. The van der Waals surface area contributed by atoms with Gasteiger partial charge in [0.25, 0.3) is 0 Å². The van der Waals surface area contributed by atoms with E-state index in [2.05, 4.69) is 11.9 Å².